The number of rotatable bonds is 7. The summed E-state index contributed by atoms with van der Waals surface area (Å²) >= 11 is 12.5. The summed E-state index contributed by atoms with van der Waals surface area (Å²) in [5.74, 6) is 0.890. The number of nitrogens with zero attached hydrogens (tertiary/aromatic N) is 2. The Bertz CT molecular complexity index is 1040. The molecular formula is C28H33Cl2N3O. The van der Waals surface area contributed by atoms with E-state index in [2.05, 4.69) is 11.0 Å². The van der Waals surface area contributed by atoms with Crippen LogP contribution in [0.3, 0.4) is 0 Å². The SMILES string of the molecule is NC(=O)CC(c1ccc(N=C=NC2CCCCC2C2CCCCC2)cc1)c1ccc(Cl)cc1Cl. The summed E-state index contributed by atoms with van der Waals surface area (Å²) in [7, 11) is 0. The summed E-state index contributed by atoms with van der Waals surface area (Å²) in [6.45, 7) is 0. The van der Waals surface area contributed by atoms with Gasteiger partial charge in [0, 0.05) is 22.4 Å². The van der Waals surface area contributed by atoms with Gasteiger partial charge in [0.25, 0.3) is 0 Å². The fourth-order valence-electron chi connectivity index (χ4n) is 5.75. The monoisotopic (exact) mass is 497 g/mol. The van der Waals surface area contributed by atoms with Crippen LogP contribution in [0.4, 0.5) is 5.69 Å². The van der Waals surface area contributed by atoms with Crippen LogP contribution in [0.2, 0.25) is 10.0 Å². The van der Waals surface area contributed by atoms with Gasteiger partial charge in [-0.15, -0.1) is 0 Å². The minimum atomic E-state index is -0.384. The Balaban J connectivity index is 1.49. The van der Waals surface area contributed by atoms with Gasteiger partial charge < -0.3 is 5.73 Å². The molecule has 180 valence electrons. The Kier molecular flexibility index (Phi) is 8.83. The molecule has 3 atom stereocenters. The number of primary amides is 1. The average Bonchev–Trinajstić information content (AvgIpc) is 2.84. The standard InChI is InChI=1S/C28H33Cl2N3O/c29-21-12-15-24(26(30)16-21)25(17-28(31)34)20-10-13-22(14-11-20)32-18-33-27-9-5-4-8-23(27)19-6-2-1-3-7-19/h10-16,19,23,25,27H,1-9,17H2,(H2,31,34). The van der Waals surface area contributed by atoms with Crippen LogP contribution >= 0.6 is 23.2 Å². The number of aliphatic imine (C=N–C) groups is 2. The molecule has 0 spiro atoms. The molecule has 2 aliphatic rings. The number of carbonyl (C=O) groups is 1. The van der Waals surface area contributed by atoms with E-state index in [1.54, 1.807) is 12.1 Å². The van der Waals surface area contributed by atoms with E-state index < -0.39 is 0 Å². The summed E-state index contributed by atoms with van der Waals surface area (Å²) in [5, 5.41) is 1.08. The lowest BCUT2D eigenvalue weighted by Crippen LogP contribution is -2.31. The molecule has 2 fully saturated rings. The van der Waals surface area contributed by atoms with E-state index in [1.807, 2.05) is 30.3 Å². The molecular weight excluding hydrogens is 465 g/mol. The first kappa shape index (κ1) is 25.0. The molecule has 34 heavy (non-hydrogen) atoms. The van der Waals surface area contributed by atoms with Crippen molar-refractivity contribution < 1.29 is 4.79 Å². The molecule has 0 aromatic heterocycles. The van der Waals surface area contributed by atoms with Gasteiger partial charge in [-0.3, -0.25) is 4.79 Å². The van der Waals surface area contributed by atoms with Crippen LogP contribution in [0.15, 0.2) is 52.4 Å². The summed E-state index contributed by atoms with van der Waals surface area (Å²) in [5.41, 5.74) is 8.10. The molecule has 2 aromatic carbocycles. The number of halogens is 2. The first-order chi connectivity index (χ1) is 16.5. The van der Waals surface area contributed by atoms with Gasteiger partial charge in [0.15, 0.2) is 0 Å². The van der Waals surface area contributed by atoms with E-state index in [0.717, 1.165) is 29.2 Å². The highest BCUT2D eigenvalue weighted by atomic mass is 35.5. The Labute approximate surface area is 212 Å². The molecule has 2 aliphatic carbocycles. The van der Waals surface area contributed by atoms with Crippen LogP contribution in [0.5, 0.6) is 0 Å². The third kappa shape index (κ3) is 6.50. The lowest BCUT2D eigenvalue weighted by Gasteiger charge is -2.36. The Morgan fingerprint density at radius 3 is 2.38 bits per heavy atom. The maximum atomic E-state index is 11.7. The number of nitrogens with two attached hydrogens (primary N) is 1. The molecule has 2 aromatic rings. The third-order valence-electron chi connectivity index (χ3n) is 7.48. The first-order valence-electron chi connectivity index (χ1n) is 12.5. The number of amides is 1. The van der Waals surface area contributed by atoms with Crippen molar-refractivity contribution in [1.82, 2.24) is 0 Å². The van der Waals surface area contributed by atoms with Gasteiger partial charge in [0.2, 0.25) is 5.91 Å². The van der Waals surface area contributed by atoms with Crippen LogP contribution in [-0.2, 0) is 4.79 Å². The van der Waals surface area contributed by atoms with Gasteiger partial charge in [-0.25, -0.2) is 4.99 Å². The number of hydrogen-bond donors (Lipinski definition) is 1. The summed E-state index contributed by atoms with van der Waals surface area (Å²) < 4.78 is 0. The molecule has 6 heteroatoms. The Morgan fingerprint density at radius 1 is 0.971 bits per heavy atom. The van der Waals surface area contributed by atoms with Gasteiger partial charge in [-0.05, 0) is 60.1 Å². The topological polar surface area (TPSA) is 67.8 Å². The van der Waals surface area contributed by atoms with Crippen molar-refractivity contribution in [2.45, 2.75) is 76.2 Å². The largest absolute Gasteiger partial charge is 0.370 e. The summed E-state index contributed by atoms with van der Waals surface area (Å²) in [4.78, 5) is 21.0. The first-order valence-corrected chi connectivity index (χ1v) is 13.3. The molecule has 4 nitrogen and oxygen atoms in total. The summed E-state index contributed by atoms with van der Waals surface area (Å²) in [6.07, 6.45) is 12.0. The highest BCUT2D eigenvalue weighted by molar-refractivity contribution is 6.35. The van der Waals surface area contributed by atoms with Gasteiger partial charge >= 0.3 is 0 Å². The molecule has 0 aliphatic heterocycles. The van der Waals surface area contributed by atoms with Crippen LogP contribution < -0.4 is 5.73 Å². The fraction of sp³-hybridized carbons (Fsp3) is 0.500. The molecule has 2 N–H and O–H groups in total. The zero-order valence-corrected chi connectivity index (χ0v) is 21.1. The molecule has 0 bridgehead atoms. The Morgan fingerprint density at radius 2 is 1.68 bits per heavy atom. The van der Waals surface area contributed by atoms with E-state index in [0.29, 0.717) is 22.0 Å². The maximum absolute atomic E-state index is 11.7. The smallest absolute Gasteiger partial charge is 0.218 e. The normalized spacial score (nSPS) is 21.9. The second-order valence-corrected chi connectivity index (χ2v) is 10.6. The van der Waals surface area contributed by atoms with Gasteiger partial charge in [0.1, 0.15) is 0 Å². The van der Waals surface area contributed by atoms with Gasteiger partial charge in [0.05, 0.1) is 17.7 Å². The third-order valence-corrected chi connectivity index (χ3v) is 8.04. The molecule has 4 rings (SSSR count). The lowest BCUT2D eigenvalue weighted by atomic mass is 9.71. The van der Waals surface area contributed by atoms with Gasteiger partial charge in [-0.1, -0.05) is 86.3 Å². The van der Waals surface area contributed by atoms with Crippen molar-refractivity contribution >= 4 is 40.8 Å². The quantitative estimate of drug-likeness (QED) is 0.387. The van der Waals surface area contributed by atoms with Crippen molar-refractivity contribution in [3.8, 4) is 0 Å². The second kappa shape index (κ2) is 12.0. The van der Waals surface area contributed by atoms with Crippen molar-refractivity contribution in [3.63, 3.8) is 0 Å². The maximum Gasteiger partial charge on any atom is 0.218 e. The van der Waals surface area contributed by atoms with Crippen molar-refractivity contribution in [2.75, 3.05) is 0 Å². The second-order valence-electron chi connectivity index (χ2n) is 9.74. The van der Waals surface area contributed by atoms with Crippen molar-refractivity contribution in [2.24, 2.45) is 27.6 Å². The highest BCUT2D eigenvalue weighted by Crippen LogP contribution is 2.39. The van der Waals surface area contributed by atoms with Crippen molar-refractivity contribution in [3.05, 3.63) is 63.6 Å². The number of benzene rings is 2. The van der Waals surface area contributed by atoms with E-state index in [4.69, 9.17) is 33.9 Å². The zero-order valence-electron chi connectivity index (χ0n) is 19.6. The molecule has 1 amide bonds. The van der Waals surface area contributed by atoms with Crippen LogP contribution in [0, 0.1) is 11.8 Å². The van der Waals surface area contributed by atoms with E-state index in [9.17, 15) is 4.79 Å². The molecule has 0 saturated heterocycles. The average molecular weight is 498 g/mol. The molecule has 0 radical (unpaired) electrons. The molecule has 3 unspecified atom stereocenters. The van der Waals surface area contributed by atoms with E-state index in [1.165, 1.54) is 51.4 Å². The van der Waals surface area contributed by atoms with E-state index in [-0.39, 0.29) is 18.2 Å². The zero-order chi connectivity index (χ0) is 23.9. The molecule has 0 heterocycles. The van der Waals surface area contributed by atoms with Crippen LogP contribution in [0.1, 0.15) is 81.3 Å². The van der Waals surface area contributed by atoms with Gasteiger partial charge in [-0.2, -0.15) is 4.99 Å². The fourth-order valence-corrected chi connectivity index (χ4v) is 6.29. The molecule has 2 saturated carbocycles. The highest BCUT2D eigenvalue weighted by Gasteiger charge is 2.32. The van der Waals surface area contributed by atoms with Crippen LogP contribution in [-0.4, -0.2) is 18.0 Å². The number of carbonyl (C=O) groups excluding carboxylic acids is 1. The predicted molar refractivity (Wildman–Crippen MR) is 140 cm³/mol. The van der Waals surface area contributed by atoms with Crippen LogP contribution in [0.25, 0.3) is 0 Å². The lowest BCUT2D eigenvalue weighted by molar-refractivity contribution is -0.118. The minimum Gasteiger partial charge on any atom is -0.370 e. The van der Waals surface area contributed by atoms with E-state index >= 15 is 0 Å². The number of hydrogen-bond acceptors (Lipinski definition) is 3. The summed E-state index contributed by atoms with van der Waals surface area (Å²) in [6, 6.07) is 16.5. The minimum absolute atomic E-state index is 0.162. The Hall–Kier alpha value is -2.13. The van der Waals surface area contributed by atoms with Crippen molar-refractivity contribution in [1.29, 1.82) is 0 Å². The predicted octanol–water partition coefficient (Wildman–Crippen LogP) is 7.95.